The minimum atomic E-state index is -0.932. The van der Waals surface area contributed by atoms with Crippen molar-refractivity contribution in [1.29, 1.82) is 0 Å². The number of aromatic carboxylic acids is 1. The molecule has 0 atom stereocenters. The minimum absolute atomic E-state index is 0.201. The van der Waals surface area contributed by atoms with Gasteiger partial charge < -0.3 is 5.11 Å². The summed E-state index contributed by atoms with van der Waals surface area (Å²) in [5.74, 6) is -0.932. The Labute approximate surface area is 62.3 Å². The van der Waals surface area contributed by atoms with Crippen LogP contribution in [0.25, 0.3) is 0 Å². The first kappa shape index (κ1) is 7.21. The molecule has 1 aromatic rings. The third kappa shape index (κ3) is 1.16. The van der Waals surface area contributed by atoms with Gasteiger partial charge in [0.1, 0.15) is 0 Å². The fourth-order valence-electron chi connectivity index (χ4n) is 0.696. The second-order valence-corrected chi connectivity index (χ2v) is 2.72. The third-order valence-corrected chi connectivity index (χ3v) is 2.14. The van der Waals surface area contributed by atoms with Gasteiger partial charge >= 0.3 is 5.97 Å². The molecule has 0 aliphatic carbocycles. The van der Waals surface area contributed by atoms with E-state index in [2.05, 4.69) is 4.98 Å². The molecule has 0 aliphatic heterocycles. The van der Waals surface area contributed by atoms with Crippen molar-refractivity contribution in [2.24, 2.45) is 0 Å². The third-order valence-electron chi connectivity index (χ3n) is 1.16. The Balaban J connectivity index is 3.01. The number of carboxylic acids is 1. The van der Waals surface area contributed by atoms with E-state index in [1.54, 1.807) is 5.51 Å². The molecule has 0 aliphatic rings. The first-order valence-electron chi connectivity index (χ1n) is 2.91. The van der Waals surface area contributed by atoms with Gasteiger partial charge in [-0.15, -0.1) is 11.3 Å². The van der Waals surface area contributed by atoms with Crippen LogP contribution >= 0.6 is 11.3 Å². The smallest absolute Gasteiger partial charge is 0.355 e. The highest BCUT2D eigenvalue weighted by Gasteiger charge is 2.10. The van der Waals surface area contributed by atoms with Gasteiger partial charge in [-0.1, -0.05) is 6.92 Å². The molecule has 10 heavy (non-hydrogen) atoms. The molecule has 1 rings (SSSR count). The van der Waals surface area contributed by atoms with E-state index in [1.807, 2.05) is 6.92 Å². The number of hydrogen-bond acceptors (Lipinski definition) is 3. The Kier molecular flexibility index (Phi) is 2.01. The van der Waals surface area contributed by atoms with Crippen molar-refractivity contribution in [2.45, 2.75) is 13.3 Å². The number of carbonyl (C=O) groups is 1. The molecule has 4 heteroatoms. The van der Waals surface area contributed by atoms with Crippen LogP contribution in [0.15, 0.2) is 5.51 Å². The molecule has 0 spiro atoms. The van der Waals surface area contributed by atoms with Crippen molar-refractivity contribution in [3.8, 4) is 0 Å². The van der Waals surface area contributed by atoms with Gasteiger partial charge in [0.2, 0.25) is 0 Å². The summed E-state index contributed by atoms with van der Waals surface area (Å²) >= 11 is 1.39. The molecule has 54 valence electrons. The lowest BCUT2D eigenvalue weighted by molar-refractivity contribution is 0.0690. The summed E-state index contributed by atoms with van der Waals surface area (Å²) in [4.78, 5) is 14.9. The molecule has 1 N–H and O–H groups in total. The van der Waals surface area contributed by atoms with Gasteiger partial charge in [-0.2, -0.15) is 0 Å². The summed E-state index contributed by atoms with van der Waals surface area (Å²) < 4.78 is 0. The number of hydrogen-bond donors (Lipinski definition) is 1. The number of thiazole rings is 1. The van der Waals surface area contributed by atoms with Crippen molar-refractivity contribution in [3.63, 3.8) is 0 Å². The van der Waals surface area contributed by atoms with Gasteiger partial charge in [0, 0.05) is 4.88 Å². The number of nitrogens with zero attached hydrogens (tertiary/aromatic N) is 1. The largest absolute Gasteiger partial charge is 0.476 e. The van der Waals surface area contributed by atoms with E-state index in [0.717, 1.165) is 11.3 Å². The van der Waals surface area contributed by atoms with E-state index in [9.17, 15) is 4.79 Å². The SMILES string of the molecule is CCc1scnc1C(=O)O. The molecule has 3 nitrogen and oxygen atoms in total. The molecular weight excluding hydrogens is 150 g/mol. The molecule has 0 unspecified atom stereocenters. The molecule has 0 saturated heterocycles. The Morgan fingerprint density at radius 1 is 1.90 bits per heavy atom. The van der Waals surface area contributed by atoms with Crippen LogP contribution in [0.2, 0.25) is 0 Å². The van der Waals surface area contributed by atoms with Gasteiger partial charge in [0.05, 0.1) is 5.51 Å². The molecular formula is C6H7NO2S. The van der Waals surface area contributed by atoms with E-state index >= 15 is 0 Å². The zero-order valence-electron chi connectivity index (χ0n) is 5.50. The van der Waals surface area contributed by atoms with Crippen LogP contribution in [0.5, 0.6) is 0 Å². The summed E-state index contributed by atoms with van der Waals surface area (Å²) in [7, 11) is 0. The van der Waals surface area contributed by atoms with Crippen molar-refractivity contribution < 1.29 is 9.90 Å². The molecule has 0 bridgehead atoms. The second kappa shape index (κ2) is 2.79. The maximum Gasteiger partial charge on any atom is 0.355 e. The fraction of sp³-hybridized carbons (Fsp3) is 0.333. The summed E-state index contributed by atoms with van der Waals surface area (Å²) in [6.45, 7) is 1.92. The lowest BCUT2D eigenvalue weighted by atomic mass is 10.3. The lowest BCUT2D eigenvalue weighted by Crippen LogP contribution is -1.99. The minimum Gasteiger partial charge on any atom is -0.476 e. The predicted molar refractivity (Wildman–Crippen MR) is 38.5 cm³/mol. The van der Waals surface area contributed by atoms with Crippen LogP contribution in [0.4, 0.5) is 0 Å². The highest BCUT2D eigenvalue weighted by Crippen LogP contribution is 2.12. The van der Waals surface area contributed by atoms with Crippen molar-refractivity contribution in [1.82, 2.24) is 4.98 Å². The quantitative estimate of drug-likeness (QED) is 0.706. The Morgan fingerprint density at radius 3 is 3.00 bits per heavy atom. The molecule has 0 aromatic carbocycles. The van der Waals surface area contributed by atoms with Gasteiger partial charge in [-0.05, 0) is 6.42 Å². The van der Waals surface area contributed by atoms with Crippen molar-refractivity contribution >= 4 is 17.3 Å². The van der Waals surface area contributed by atoms with Crippen molar-refractivity contribution in [2.75, 3.05) is 0 Å². The summed E-state index contributed by atoms with van der Waals surface area (Å²) in [6, 6.07) is 0. The second-order valence-electron chi connectivity index (χ2n) is 1.78. The van der Waals surface area contributed by atoms with Crippen LogP contribution in [-0.4, -0.2) is 16.1 Å². The average Bonchev–Trinajstić information content (AvgIpc) is 2.33. The Morgan fingerprint density at radius 2 is 2.60 bits per heavy atom. The average molecular weight is 157 g/mol. The number of carboxylic acid groups (broad SMARTS) is 1. The highest BCUT2D eigenvalue weighted by atomic mass is 32.1. The van der Waals surface area contributed by atoms with E-state index in [4.69, 9.17) is 5.11 Å². The van der Waals surface area contributed by atoms with Crippen molar-refractivity contribution in [3.05, 3.63) is 16.1 Å². The molecule has 0 saturated carbocycles. The Bertz CT molecular complexity index is 244. The summed E-state index contributed by atoms with van der Waals surface area (Å²) in [5, 5.41) is 8.53. The molecule has 1 aromatic heterocycles. The highest BCUT2D eigenvalue weighted by molar-refractivity contribution is 7.09. The van der Waals surface area contributed by atoms with E-state index < -0.39 is 5.97 Å². The zero-order valence-corrected chi connectivity index (χ0v) is 6.31. The summed E-state index contributed by atoms with van der Waals surface area (Å²) in [6.07, 6.45) is 0.742. The van der Waals surface area contributed by atoms with Gasteiger partial charge in [-0.3, -0.25) is 0 Å². The van der Waals surface area contributed by atoms with Gasteiger partial charge in [0.25, 0.3) is 0 Å². The molecule has 0 amide bonds. The topological polar surface area (TPSA) is 50.2 Å². The molecule has 0 fully saturated rings. The summed E-state index contributed by atoms with van der Waals surface area (Å²) in [5.41, 5.74) is 1.76. The van der Waals surface area contributed by atoms with Crippen LogP contribution < -0.4 is 0 Å². The molecule has 1 heterocycles. The van der Waals surface area contributed by atoms with Crippen LogP contribution in [-0.2, 0) is 6.42 Å². The zero-order chi connectivity index (χ0) is 7.56. The van der Waals surface area contributed by atoms with E-state index in [1.165, 1.54) is 11.3 Å². The molecule has 0 radical (unpaired) electrons. The standard InChI is InChI=1S/C6H7NO2S/c1-2-4-5(6(8)9)7-3-10-4/h3H,2H2,1H3,(H,8,9). The normalized spacial score (nSPS) is 9.70. The predicted octanol–water partition coefficient (Wildman–Crippen LogP) is 1.40. The van der Waals surface area contributed by atoms with Crippen LogP contribution in [0.3, 0.4) is 0 Å². The Hall–Kier alpha value is -0.900. The fourth-order valence-corrected chi connectivity index (χ4v) is 1.40. The maximum absolute atomic E-state index is 10.4. The van der Waals surface area contributed by atoms with Gasteiger partial charge in [0.15, 0.2) is 5.69 Å². The van der Waals surface area contributed by atoms with E-state index in [-0.39, 0.29) is 5.69 Å². The van der Waals surface area contributed by atoms with Crippen LogP contribution in [0, 0.1) is 0 Å². The maximum atomic E-state index is 10.4. The van der Waals surface area contributed by atoms with Gasteiger partial charge in [-0.25, -0.2) is 9.78 Å². The number of rotatable bonds is 2. The van der Waals surface area contributed by atoms with E-state index in [0.29, 0.717) is 0 Å². The van der Waals surface area contributed by atoms with Crippen LogP contribution in [0.1, 0.15) is 22.3 Å². The number of aromatic nitrogens is 1. The number of aryl methyl sites for hydroxylation is 1. The first-order chi connectivity index (χ1) is 4.75. The first-order valence-corrected chi connectivity index (χ1v) is 3.79. The monoisotopic (exact) mass is 157 g/mol. The lowest BCUT2D eigenvalue weighted by Gasteiger charge is -1.89.